The number of piperidine rings is 1. The molecule has 2 heterocycles. The molecular formula is C21H28N2O4S2. The number of sulfonamides is 1. The van der Waals surface area contributed by atoms with Gasteiger partial charge in [0.15, 0.2) is 0 Å². The van der Waals surface area contributed by atoms with E-state index in [0.717, 1.165) is 11.3 Å². The summed E-state index contributed by atoms with van der Waals surface area (Å²) in [5.41, 5.74) is 1.02. The molecule has 1 aromatic heterocycles. The first kappa shape index (κ1) is 21.8. The molecule has 0 radical (unpaired) electrons. The summed E-state index contributed by atoms with van der Waals surface area (Å²) in [6.07, 6.45) is 1.39. The van der Waals surface area contributed by atoms with Crippen molar-refractivity contribution >= 4 is 27.3 Å². The van der Waals surface area contributed by atoms with Crippen molar-refractivity contribution in [3.05, 3.63) is 47.3 Å². The number of nitrogens with zero attached hydrogens (tertiary/aromatic N) is 1. The van der Waals surface area contributed by atoms with Gasteiger partial charge in [0.2, 0.25) is 5.91 Å². The fourth-order valence-electron chi connectivity index (χ4n) is 3.59. The predicted octanol–water partition coefficient (Wildman–Crippen LogP) is 3.50. The predicted molar refractivity (Wildman–Crippen MR) is 114 cm³/mol. The molecule has 3 rings (SSSR count). The second kappa shape index (κ2) is 9.73. The smallest absolute Gasteiger partial charge is 0.252 e. The zero-order chi connectivity index (χ0) is 20.9. The van der Waals surface area contributed by atoms with Crippen LogP contribution in [-0.2, 0) is 21.4 Å². The Labute approximate surface area is 176 Å². The van der Waals surface area contributed by atoms with E-state index in [9.17, 15) is 13.2 Å². The second-order valence-corrected chi connectivity index (χ2v) is 10.4. The molecule has 158 valence electrons. The maximum atomic E-state index is 12.6. The molecule has 1 atom stereocenters. The van der Waals surface area contributed by atoms with Crippen LogP contribution in [0.1, 0.15) is 32.3 Å². The Hall–Kier alpha value is -1.90. The van der Waals surface area contributed by atoms with E-state index in [-0.39, 0.29) is 17.7 Å². The molecular weight excluding hydrogens is 408 g/mol. The van der Waals surface area contributed by atoms with Crippen molar-refractivity contribution in [2.75, 3.05) is 19.7 Å². The van der Waals surface area contributed by atoms with Crippen LogP contribution in [0.25, 0.3) is 0 Å². The summed E-state index contributed by atoms with van der Waals surface area (Å²) in [5, 5.41) is 4.78. The number of amides is 1. The summed E-state index contributed by atoms with van der Waals surface area (Å²) in [4.78, 5) is 12.6. The summed E-state index contributed by atoms with van der Waals surface area (Å²) in [6.45, 7) is 5.89. The fraction of sp³-hybridized carbons (Fsp3) is 0.476. The number of hydrogen-bond donors (Lipinski definition) is 1. The highest BCUT2D eigenvalue weighted by molar-refractivity contribution is 7.91. The quantitative estimate of drug-likeness (QED) is 0.687. The Kier molecular flexibility index (Phi) is 7.32. The van der Waals surface area contributed by atoms with Gasteiger partial charge in [0, 0.05) is 25.6 Å². The van der Waals surface area contributed by atoms with Crippen LogP contribution in [0.3, 0.4) is 0 Å². The van der Waals surface area contributed by atoms with Crippen LogP contribution in [0.15, 0.2) is 46.0 Å². The van der Waals surface area contributed by atoms with Crippen LogP contribution in [-0.4, -0.2) is 38.3 Å². The lowest BCUT2D eigenvalue weighted by molar-refractivity contribution is -0.126. The van der Waals surface area contributed by atoms with E-state index < -0.39 is 10.0 Å². The van der Waals surface area contributed by atoms with E-state index in [4.69, 9.17) is 4.74 Å². The molecule has 8 heteroatoms. The molecule has 0 saturated carbocycles. The molecule has 0 spiro atoms. The average Bonchev–Trinajstić information content (AvgIpc) is 3.29. The van der Waals surface area contributed by atoms with Crippen molar-refractivity contribution in [1.29, 1.82) is 0 Å². The van der Waals surface area contributed by atoms with Gasteiger partial charge in [-0.2, -0.15) is 4.31 Å². The molecule has 1 aliphatic rings. The minimum atomic E-state index is -3.40. The Bertz CT molecular complexity index is 887. The monoisotopic (exact) mass is 436 g/mol. The molecule has 1 fully saturated rings. The molecule has 1 N–H and O–H groups in total. The van der Waals surface area contributed by atoms with Crippen LogP contribution in [0, 0.1) is 11.8 Å². The third-order valence-corrected chi connectivity index (χ3v) is 8.68. The first-order valence-electron chi connectivity index (χ1n) is 9.95. The highest BCUT2D eigenvalue weighted by Crippen LogP contribution is 2.30. The van der Waals surface area contributed by atoms with Crippen molar-refractivity contribution in [1.82, 2.24) is 9.62 Å². The first-order chi connectivity index (χ1) is 13.9. The summed E-state index contributed by atoms with van der Waals surface area (Å²) >= 11 is 1.24. The lowest BCUT2D eigenvalue weighted by atomic mass is 9.85. The van der Waals surface area contributed by atoms with Gasteiger partial charge in [-0.25, -0.2) is 8.42 Å². The zero-order valence-corrected chi connectivity index (χ0v) is 18.5. The van der Waals surface area contributed by atoms with Crippen LogP contribution in [0.2, 0.25) is 0 Å². The highest BCUT2D eigenvalue weighted by Gasteiger charge is 2.33. The molecule has 1 saturated heterocycles. The Morgan fingerprint density at radius 2 is 1.93 bits per heavy atom. The lowest BCUT2D eigenvalue weighted by Crippen LogP contribution is -2.42. The van der Waals surface area contributed by atoms with E-state index in [0.29, 0.717) is 43.3 Å². The number of carbonyl (C=O) groups excluding carboxylic acids is 1. The summed E-state index contributed by atoms with van der Waals surface area (Å²) in [6, 6.07) is 11.1. The molecule has 2 aromatic rings. The van der Waals surface area contributed by atoms with Crippen LogP contribution < -0.4 is 10.1 Å². The SMILES string of the molecule is CCOc1ccc(CNC(=O)[C@H](C)C2CCN(S(=O)(=O)c3cccs3)CC2)cc1. The molecule has 1 aliphatic heterocycles. The summed E-state index contributed by atoms with van der Waals surface area (Å²) in [7, 11) is -3.40. The molecule has 1 aromatic carbocycles. The number of nitrogens with one attached hydrogen (secondary N) is 1. The average molecular weight is 437 g/mol. The number of thiophene rings is 1. The third-order valence-electron chi connectivity index (χ3n) is 5.41. The highest BCUT2D eigenvalue weighted by atomic mass is 32.2. The van der Waals surface area contributed by atoms with Gasteiger partial charge in [0.1, 0.15) is 9.96 Å². The van der Waals surface area contributed by atoms with E-state index in [2.05, 4.69) is 5.32 Å². The van der Waals surface area contributed by atoms with Gasteiger partial charge < -0.3 is 10.1 Å². The standard InChI is InChI=1S/C21H28N2O4S2/c1-3-27-19-8-6-17(7-9-19)15-22-21(24)16(2)18-10-12-23(13-11-18)29(25,26)20-5-4-14-28-20/h4-9,14,16,18H,3,10-13,15H2,1-2H3,(H,22,24)/t16-/m1/s1. The van der Waals surface area contributed by atoms with E-state index in [1.165, 1.54) is 11.3 Å². The third kappa shape index (κ3) is 5.38. The topological polar surface area (TPSA) is 75.7 Å². The van der Waals surface area contributed by atoms with Crippen molar-refractivity contribution < 1.29 is 17.9 Å². The van der Waals surface area contributed by atoms with Crippen molar-refractivity contribution in [3.8, 4) is 5.75 Å². The molecule has 0 aliphatic carbocycles. The van der Waals surface area contributed by atoms with Gasteiger partial charge in [0.25, 0.3) is 10.0 Å². The van der Waals surface area contributed by atoms with Crippen LogP contribution in [0.4, 0.5) is 0 Å². The number of rotatable bonds is 8. The minimum absolute atomic E-state index is 0.0125. The minimum Gasteiger partial charge on any atom is -0.494 e. The Balaban J connectivity index is 1.48. The maximum Gasteiger partial charge on any atom is 0.252 e. The van der Waals surface area contributed by atoms with Gasteiger partial charge in [-0.1, -0.05) is 25.1 Å². The van der Waals surface area contributed by atoms with Crippen LogP contribution >= 0.6 is 11.3 Å². The Morgan fingerprint density at radius 1 is 1.24 bits per heavy atom. The van der Waals surface area contributed by atoms with Gasteiger partial charge in [-0.15, -0.1) is 11.3 Å². The maximum absolute atomic E-state index is 12.6. The second-order valence-electron chi connectivity index (χ2n) is 7.26. The summed E-state index contributed by atoms with van der Waals surface area (Å²) < 4.78 is 32.6. The number of benzene rings is 1. The normalized spacial score (nSPS) is 17.0. The number of ether oxygens (including phenoxy) is 1. The molecule has 1 amide bonds. The van der Waals surface area contributed by atoms with Crippen molar-refractivity contribution in [3.63, 3.8) is 0 Å². The number of carbonyl (C=O) groups is 1. The molecule has 6 nitrogen and oxygen atoms in total. The van der Waals surface area contributed by atoms with Crippen molar-refractivity contribution in [2.45, 2.75) is 37.4 Å². The van der Waals surface area contributed by atoms with Gasteiger partial charge in [-0.3, -0.25) is 4.79 Å². The largest absolute Gasteiger partial charge is 0.494 e. The van der Waals surface area contributed by atoms with Crippen LogP contribution in [0.5, 0.6) is 5.75 Å². The molecule has 0 unspecified atom stereocenters. The molecule has 29 heavy (non-hydrogen) atoms. The number of hydrogen-bond acceptors (Lipinski definition) is 5. The lowest BCUT2D eigenvalue weighted by Gasteiger charge is -2.33. The fourth-order valence-corrected chi connectivity index (χ4v) is 6.20. The zero-order valence-electron chi connectivity index (χ0n) is 16.8. The summed E-state index contributed by atoms with van der Waals surface area (Å²) in [5.74, 6) is 0.869. The van der Waals surface area contributed by atoms with Gasteiger partial charge in [0.05, 0.1) is 6.61 Å². The first-order valence-corrected chi connectivity index (χ1v) is 12.3. The van der Waals surface area contributed by atoms with Crippen molar-refractivity contribution in [2.24, 2.45) is 11.8 Å². The van der Waals surface area contributed by atoms with Gasteiger partial charge >= 0.3 is 0 Å². The van der Waals surface area contributed by atoms with E-state index in [1.807, 2.05) is 38.1 Å². The molecule has 0 bridgehead atoms. The Morgan fingerprint density at radius 3 is 2.52 bits per heavy atom. The van der Waals surface area contributed by atoms with E-state index in [1.54, 1.807) is 21.8 Å². The van der Waals surface area contributed by atoms with E-state index >= 15 is 0 Å². The van der Waals surface area contributed by atoms with Gasteiger partial charge in [-0.05, 0) is 54.8 Å².